The molecule has 1 heterocycles. The van der Waals surface area contributed by atoms with Crippen LogP contribution in [0, 0.1) is 0 Å². The lowest BCUT2D eigenvalue weighted by Crippen LogP contribution is -2.46. The van der Waals surface area contributed by atoms with Crippen molar-refractivity contribution >= 4 is 0 Å². The molecule has 0 bridgehead atoms. The van der Waals surface area contributed by atoms with Gasteiger partial charge in [0, 0.05) is 19.8 Å². The number of ether oxygens (including phenoxy) is 2. The maximum Gasteiger partial charge on any atom is 0.0638 e. The Hall–Kier alpha value is -0.160. The highest BCUT2D eigenvalue weighted by Crippen LogP contribution is 2.06. The molecule has 1 aliphatic heterocycles. The molecule has 0 aliphatic carbocycles. The summed E-state index contributed by atoms with van der Waals surface area (Å²) in [4.78, 5) is 0. The zero-order valence-electron chi connectivity index (χ0n) is 8.16. The fourth-order valence-electron chi connectivity index (χ4n) is 1.56. The molecule has 0 spiro atoms. The zero-order valence-corrected chi connectivity index (χ0v) is 8.16. The fourth-order valence-corrected chi connectivity index (χ4v) is 1.56. The normalized spacial score (nSPS) is 25.8. The van der Waals surface area contributed by atoms with Gasteiger partial charge < -0.3 is 19.9 Å². The van der Waals surface area contributed by atoms with E-state index in [-0.39, 0.29) is 12.6 Å². The highest BCUT2D eigenvalue weighted by Gasteiger charge is 2.17. The standard InChI is InChI=1S/C9H19NO3/c1-12-6-9(5-11)10-8-3-2-4-13-7-8/h8-11H,2-7H2,1H3. The van der Waals surface area contributed by atoms with Gasteiger partial charge in [0.05, 0.1) is 25.9 Å². The molecule has 4 heteroatoms. The van der Waals surface area contributed by atoms with Crippen LogP contribution in [0.3, 0.4) is 0 Å². The first kappa shape index (κ1) is 10.9. The molecule has 1 saturated heterocycles. The predicted octanol–water partition coefficient (Wildman–Crippen LogP) is -0.238. The number of methoxy groups -OCH3 is 1. The molecule has 0 saturated carbocycles. The summed E-state index contributed by atoms with van der Waals surface area (Å²) in [7, 11) is 1.64. The van der Waals surface area contributed by atoms with Crippen molar-refractivity contribution in [1.29, 1.82) is 0 Å². The van der Waals surface area contributed by atoms with Crippen LogP contribution in [0.2, 0.25) is 0 Å². The van der Waals surface area contributed by atoms with E-state index in [2.05, 4.69) is 5.32 Å². The van der Waals surface area contributed by atoms with Crippen LogP contribution in [0.4, 0.5) is 0 Å². The Kier molecular flexibility index (Phi) is 5.31. The number of aliphatic hydroxyl groups is 1. The first-order chi connectivity index (χ1) is 6.36. The van der Waals surface area contributed by atoms with Crippen LogP contribution in [-0.2, 0) is 9.47 Å². The van der Waals surface area contributed by atoms with Gasteiger partial charge in [-0.1, -0.05) is 0 Å². The minimum absolute atomic E-state index is 0.0386. The van der Waals surface area contributed by atoms with E-state index in [1.54, 1.807) is 7.11 Å². The molecule has 0 radical (unpaired) electrons. The van der Waals surface area contributed by atoms with Gasteiger partial charge in [-0.2, -0.15) is 0 Å². The average Bonchev–Trinajstić information content (AvgIpc) is 2.19. The van der Waals surface area contributed by atoms with Gasteiger partial charge in [0.25, 0.3) is 0 Å². The van der Waals surface area contributed by atoms with Crippen LogP contribution >= 0.6 is 0 Å². The Balaban J connectivity index is 2.18. The van der Waals surface area contributed by atoms with E-state index in [1.165, 1.54) is 0 Å². The molecule has 2 N–H and O–H groups in total. The highest BCUT2D eigenvalue weighted by molar-refractivity contribution is 4.75. The third kappa shape index (κ3) is 4.04. The summed E-state index contributed by atoms with van der Waals surface area (Å²) < 4.78 is 10.3. The molecule has 1 rings (SSSR count). The summed E-state index contributed by atoms with van der Waals surface area (Å²) >= 11 is 0. The zero-order chi connectivity index (χ0) is 9.52. The topological polar surface area (TPSA) is 50.7 Å². The van der Waals surface area contributed by atoms with Crippen molar-refractivity contribution in [2.45, 2.75) is 24.9 Å². The van der Waals surface area contributed by atoms with Crippen molar-refractivity contribution in [2.24, 2.45) is 0 Å². The summed E-state index contributed by atoms with van der Waals surface area (Å²) in [6.45, 7) is 2.28. The molecule has 0 amide bonds. The largest absolute Gasteiger partial charge is 0.395 e. The quantitative estimate of drug-likeness (QED) is 0.627. The Bertz CT molecular complexity index is 123. The van der Waals surface area contributed by atoms with Crippen molar-refractivity contribution in [1.82, 2.24) is 5.32 Å². The van der Waals surface area contributed by atoms with E-state index in [0.717, 1.165) is 26.1 Å². The lowest BCUT2D eigenvalue weighted by Gasteiger charge is -2.27. The van der Waals surface area contributed by atoms with Crippen LogP contribution < -0.4 is 5.32 Å². The van der Waals surface area contributed by atoms with Gasteiger partial charge in [-0.15, -0.1) is 0 Å². The third-order valence-corrected chi connectivity index (χ3v) is 2.22. The predicted molar refractivity (Wildman–Crippen MR) is 49.7 cm³/mol. The molecule has 0 aromatic rings. The third-order valence-electron chi connectivity index (χ3n) is 2.22. The minimum atomic E-state index is 0.0386. The molecule has 0 aromatic carbocycles. The van der Waals surface area contributed by atoms with Crippen molar-refractivity contribution in [3.8, 4) is 0 Å². The van der Waals surface area contributed by atoms with Gasteiger partial charge in [0.15, 0.2) is 0 Å². The second kappa shape index (κ2) is 6.32. The fraction of sp³-hybridized carbons (Fsp3) is 1.00. The lowest BCUT2D eigenvalue weighted by molar-refractivity contribution is 0.0517. The van der Waals surface area contributed by atoms with E-state index in [9.17, 15) is 0 Å². The smallest absolute Gasteiger partial charge is 0.0638 e. The summed E-state index contributed by atoms with van der Waals surface area (Å²) in [5, 5.41) is 12.3. The summed E-state index contributed by atoms with van der Waals surface area (Å²) in [6, 6.07) is 0.415. The average molecular weight is 189 g/mol. The Morgan fingerprint density at radius 2 is 2.54 bits per heavy atom. The maximum absolute atomic E-state index is 9.00. The number of nitrogens with one attached hydrogen (secondary N) is 1. The SMILES string of the molecule is COCC(CO)NC1CCCOC1. The van der Waals surface area contributed by atoms with Crippen molar-refractivity contribution in [3.63, 3.8) is 0 Å². The monoisotopic (exact) mass is 189 g/mol. The van der Waals surface area contributed by atoms with Gasteiger partial charge in [-0.25, -0.2) is 0 Å². The first-order valence-electron chi connectivity index (χ1n) is 4.80. The molecule has 4 nitrogen and oxygen atoms in total. The van der Waals surface area contributed by atoms with Gasteiger partial charge in [0.1, 0.15) is 0 Å². The number of hydrogen-bond donors (Lipinski definition) is 2. The Morgan fingerprint density at radius 1 is 1.69 bits per heavy atom. The molecular formula is C9H19NO3. The van der Waals surface area contributed by atoms with E-state index in [1.807, 2.05) is 0 Å². The second-order valence-electron chi connectivity index (χ2n) is 3.42. The van der Waals surface area contributed by atoms with Crippen LogP contribution in [0.25, 0.3) is 0 Å². The van der Waals surface area contributed by atoms with Crippen molar-refractivity contribution in [2.75, 3.05) is 33.5 Å². The lowest BCUT2D eigenvalue weighted by atomic mass is 10.1. The van der Waals surface area contributed by atoms with E-state index >= 15 is 0 Å². The van der Waals surface area contributed by atoms with Crippen molar-refractivity contribution in [3.05, 3.63) is 0 Å². The molecule has 78 valence electrons. The van der Waals surface area contributed by atoms with Gasteiger partial charge in [-0.3, -0.25) is 0 Å². The molecule has 1 aliphatic rings. The molecule has 2 unspecified atom stereocenters. The van der Waals surface area contributed by atoms with Gasteiger partial charge in [-0.05, 0) is 12.8 Å². The molecular weight excluding hydrogens is 170 g/mol. The number of rotatable bonds is 5. The summed E-state index contributed by atoms with van der Waals surface area (Å²) in [6.07, 6.45) is 2.23. The van der Waals surface area contributed by atoms with Gasteiger partial charge in [0.2, 0.25) is 0 Å². The summed E-state index contributed by atoms with van der Waals surface area (Å²) in [5.41, 5.74) is 0. The van der Waals surface area contributed by atoms with Crippen LogP contribution in [0.5, 0.6) is 0 Å². The molecule has 1 fully saturated rings. The number of aliphatic hydroxyl groups excluding tert-OH is 1. The van der Waals surface area contributed by atoms with E-state index < -0.39 is 0 Å². The highest BCUT2D eigenvalue weighted by atomic mass is 16.5. The molecule has 13 heavy (non-hydrogen) atoms. The Morgan fingerprint density at radius 3 is 3.08 bits per heavy atom. The molecule has 0 aromatic heterocycles. The number of hydrogen-bond acceptors (Lipinski definition) is 4. The summed E-state index contributed by atoms with van der Waals surface area (Å²) in [5.74, 6) is 0. The van der Waals surface area contributed by atoms with Crippen LogP contribution in [0.1, 0.15) is 12.8 Å². The Labute approximate surface area is 79.2 Å². The van der Waals surface area contributed by atoms with E-state index in [0.29, 0.717) is 12.6 Å². The maximum atomic E-state index is 9.00. The molecule has 2 atom stereocenters. The minimum Gasteiger partial charge on any atom is -0.395 e. The first-order valence-corrected chi connectivity index (χ1v) is 4.80. The second-order valence-corrected chi connectivity index (χ2v) is 3.42. The van der Waals surface area contributed by atoms with Gasteiger partial charge >= 0.3 is 0 Å². The van der Waals surface area contributed by atoms with Crippen molar-refractivity contribution < 1.29 is 14.6 Å². The van der Waals surface area contributed by atoms with Crippen LogP contribution in [0.15, 0.2) is 0 Å². The van der Waals surface area contributed by atoms with Crippen LogP contribution in [-0.4, -0.2) is 50.7 Å². The van der Waals surface area contributed by atoms with E-state index in [4.69, 9.17) is 14.6 Å².